The minimum atomic E-state index is -1.40. The monoisotopic (exact) mass is 292 g/mol. The molecule has 0 radical (unpaired) electrons. The number of ether oxygens (including phenoxy) is 3. The molecule has 1 aromatic carbocycles. The highest BCUT2D eigenvalue weighted by Crippen LogP contribution is 2.32. The van der Waals surface area contributed by atoms with Gasteiger partial charge < -0.3 is 14.2 Å². The zero-order valence-corrected chi connectivity index (χ0v) is 12.3. The largest absolute Gasteiger partial charge is 0.467 e. The second-order valence-electron chi connectivity index (χ2n) is 4.27. The number of hydrogen-bond acceptors (Lipinski definition) is 5. The third kappa shape index (κ3) is 4.16. The van der Waals surface area contributed by atoms with E-state index >= 15 is 0 Å². The van der Waals surface area contributed by atoms with Crippen LogP contribution in [0.5, 0.6) is 0 Å². The lowest BCUT2D eigenvalue weighted by atomic mass is 9.90. The van der Waals surface area contributed by atoms with Crippen molar-refractivity contribution in [2.45, 2.75) is 18.9 Å². The van der Waals surface area contributed by atoms with E-state index in [1.807, 2.05) is 6.07 Å². The van der Waals surface area contributed by atoms with Gasteiger partial charge in [0.05, 0.1) is 13.7 Å². The van der Waals surface area contributed by atoms with Gasteiger partial charge >= 0.3 is 11.9 Å². The van der Waals surface area contributed by atoms with Crippen molar-refractivity contribution in [3.8, 4) is 0 Å². The molecule has 0 fully saturated rings. The summed E-state index contributed by atoms with van der Waals surface area (Å²) in [6.45, 7) is 5.23. The average molecular weight is 292 g/mol. The molecule has 0 N–H and O–H groups in total. The first-order valence-corrected chi connectivity index (χ1v) is 6.65. The number of carbonyl (C=O) groups is 2. The van der Waals surface area contributed by atoms with Gasteiger partial charge in [-0.15, -0.1) is 6.58 Å². The molecular weight excluding hydrogens is 272 g/mol. The molecule has 0 bridgehead atoms. The van der Waals surface area contributed by atoms with Crippen LogP contribution in [0.4, 0.5) is 0 Å². The highest BCUT2D eigenvalue weighted by atomic mass is 16.6. The van der Waals surface area contributed by atoms with E-state index in [0.29, 0.717) is 5.56 Å². The van der Waals surface area contributed by atoms with Crippen LogP contribution in [0.3, 0.4) is 0 Å². The minimum Gasteiger partial charge on any atom is -0.467 e. The van der Waals surface area contributed by atoms with Crippen molar-refractivity contribution in [2.24, 2.45) is 0 Å². The van der Waals surface area contributed by atoms with Crippen LogP contribution in [0.1, 0.15) is 18.9 Å². The van der Waals surface area contributed by atoms with Crippen LogP contribution >= 0.6 is 0 Å². The number of methoxy groups -OCH3 is 1. The van der Waals surface area contributed by atoms with Crippen LogP contribution in [0.25, 0.3) is 0 Å². The topological polar surface area (TPSA) is 61.8 Å². The fraction of sp³-hybridized carbons (Fsp3) is 0.375. The van der Waals surface area contributed by atoms with Crippen molar-refractivity contribution in [3.05, 3.63) is 48.6 Å². The van der Waals surface area contributed by atoms with Crippen LogP contribution in [-0.2, 0) is 29.4 Å². The number of benzene rings is 1. The predicted molar refractivity (Wildman–Crippen MR) is 77.5 cm³/mol. The van der Waals surface area contributed by atoms with E-state index in [2.05, 4.69) is 11.3 Å². The molecule has 21 heavy (non-hydrogen) atoms. The first-order chi connectivity index (χ1) is 10.1. The number of rotatable bonds is 8. The van der Waals surface area contributed by atoms with Gasteiger partial charge in [-0.3, -0.25) is 0 Å². The van der Waals surface area contributed by atoms with Crippen molar-refractivity contribution in [3.63, 3.8) is 0 Å². The highest BCUT2D eigenvalue weighted by Gasteiger charge is 2.42. The van der Waals surface area contributed by atoms with E-state index in [0.717, 1.165) is 0 Å². The van der Waals surface area contributed by atoms with E-state index < -0.39 is 17.5 Å². The molecule has 5 nitrogen and oxygen atoms in total. The average Bonchev–Trinajstić information content (AvgIpc) is 2.52. The Morgan fingerprint density at radius 1 is 1.29 bits per heavy atom. The Morgan fingerprint density at radius 3 is 2.48 bits per heavy atom. The van der Waals surface area contributed by atoms with Crippen LogP contribution < -0.4 is 0 Å². The van der Waals surface area contributed by atoms with E-state index in [9.17, 15) is 9.59 Å². The van der Waals surface area contributed by atoms with Gasteiger partial charge in [-0.1, -0.05) is 36.4 Å². The maximum Gasteiger partial charge on any atom is 0.343 e. The van der Waals surface area contributed by atoms with Crippen LogP contribution in [-0.4, -0.2) is 32.3 Å². The van der Waals surface area contributed by atoms with E-state index in [1.54, 1.807) is 37.3 Å². The summed E-state index contributed by atoms with van der Waals surface area (Å²) >= 11 is 0. The summed E-state index contributed by atoms with van der Waals surface area (Å²) in [5.41, 5.74) is -0.792. The molecule has 0 aromatic heterocycles. The maximum atomic E-state index is 12.4. The summed E-state index contributed by atoms with van der Waals surface area (Å²) in [7, 11) is 1.26. The quantitative estimate of drug-likeness (QED) is 0.543. The summed E-state index contributed by atoms with van der Waals surface area (Å²) in [6.07, 6.45) is 1.74. The molecule has 1 atom stereocenters. The normalized spacial score (nSPS) is 13.0. The fourth-order valence-electron chi connectivity index (χ4n) is 1.92. The highest BCUT2D eigenvalue weighted by molar-refractivity contribution is 5.82. The predicted octanol–water partition coefficient (Wildman–Crippen LogP) is 2.21. The van der Waals surface area contributed by atoms with Gasteiger partial charge in [-0.05, 0) is 12.5 Å². The zero-order valence-electron chi connectivity index (χ0n) is 12.3. The van der Waals surface area contributed by atoms with E-state index in [4.69, 9.17) is 9.47 Å². The summed E-state index contributed by atoms with van der Waals surface area (Å²) in [5, 5.41) is 0. The third-order valence-corrected chi connectivity index (χ3v) is 2.94. The van der Waals surface area contributed by atoms with Crippen LogP contribution in [0.15, 0.2) is 43.0 Å². The molecule has 0 heterocycles. The zero-order chi connectivity index (χ0) is 15.7. The van der Waals surface area contributed by atoms with E-state index in [1.165, 1.54) is 7.11 Å². The van der Waals surface area contributed by atoms with Crippen molar-refractivity contribution in [1.82, 2.24) is 0 Å². The van der Waals surface area contributed by atoms with Crippen molar-refractivity contribution in [2.75, 3.05) is 20.3 Å². The molecule has 0 amide bonds. The lowest BCUT2D eigenvalue weighted by molar-refractivity contribution is -0.179. The number of hydrogen-bond donors (Lipinski definition) is 0. The molecule has 0 saturated heterocycles. The summed E-state index contributed by atoms with van der Waals surface area (Å²) in [6, 6.07) is 8.89. The Morgan fingerprint density at radius 2 is 1.95 bits per heavy atom. The number of esters is 2. The van der Waals surface area contributed by atoms with Gasteiger partial charge in [0, 0.05) is 6.42 Å². The van der Waals surface area contributed by atoms with Gasteiger partial charge in [0.15, 0.2) is 5.60 Å². The molecule has 114 valence electrons. The first-order valence-electron chi connectivity index (χ1n) is 6.65. The molecule has 0 aliphatic carbocycles. The lowest BCUT2D eigenvalue weighted by Gasteiger charge is -2.30. The molecule has 1 rings (SSSR count). The Kier molecular flexibility index (Phi) is 6.62. The van der Waals surface area contributed by atoms with Crippen LogP contribution in [0.2, 0.25) is 0 Å². The molecule has 0 unspecified atom stereocenters. The smallest absolute Gasteiger partial charge is 0.343 e. The molecule has 0 aliphatic rings. The van der Waals surface area contributed by atoms with Crippen molar-refractivity contribution >= 4 is 11.9 Å². The molecule has 0 spiro atoms. The van der Waals surface area contributed by atoms with Gasteiger partial charge in [0.2, 0.25) is 0 Å². The Hall–Kier alpha value is -2.14. The third-order valence-electron chi connectivity index (χ3n) is 2.94. The maximum absolute atomic E-state index is 12.4. The molecule has 0 aliphatic heterocycles. The Labute approximate surface area is 124 Å². The Balaban J connectivity index is 3.18. The molecule has 1 aromatic rings. The van der Waals surface area contributed by atoms with Gasteiger partial charge in [-0.25, -0.2) is 9.59 Å². The first kappa shape index (κ1) is 16.9. The van der Waals surface area contributed by atoms with Crippen LogP contribution in [0, 0.1) is 0 Å². The standard InChI is InChI=1S/C16H20O5/c1-4-11-16(15(18)20-5-2,21-12-14(17)19-3)13-9-7-6-8-10-13/h4,6-10H,1,5,11-12H2,2-3H3/t16-/m0/s1. The fourth-order valence-corrected chi connectivity index (χ4v) is 1.92. The van der Waals surface area contributed by atoms with Crippen molar-refractivity contribution in [1.29, 1.82) is 0 Å². The summed E-state index contributed by atoms with van der Waals surface area (Å²) in [4.78, 5) is 23.8. The summed E-state index contributed by atoms with van der Waals surface area (Å²) < 4.78 is 15.3. The Bertz CT molecular complexity index is 483. The number of carbonyl (C=O) groups excluding carboxylic acids is 2. The second-order valence-corrected chi connectivity index (χ2v) is 4.27. The summed E-state index contributed by atoms with van der Waals surface area (Å²) in [5.74, 6) is -1.12. The van der Waals surface area contributed by atoms with Gasteiger partial charge in [-0.2, -0.15) is 0 Å². The van der Waals surface area contributed by atoms with E-state index in [-0.39, 0.29) is 19.6 Å². The molecule has 0 saturated carbocycles. The lowest BCUT2D eigenvalue weighted by Crippen LogP contribution is -2.41. The van der Waals surface area contributed by atoms with Crippen molar-refractivity contribution < 1.29 is 23.8 Å². The molecular formula is C16H20O5. The van der Waals surface area contributed by atoms with Gasteiger partial charge in [0.25, 0.3) is 0 Å². The van der Waals surface area contributed by atoms with Gasteiger partial charge in [0.1, 0.15) is 6.61 Å². The second kappa shape index (κ2) is 8.21. The minimum absolute atomic E-state index is 0.187. The molecule has 5 heteroatoms. The SMILES string of the molecule is C=CC[C@@](OCC(=O)OC)(C(=O)OCC)c1ccccc1.